The van der Waals surface area contributed by atoms with Gasteiger partial charge in [-0.2, -0.15) is 0 Å². The van der Waals surface area contributed by atoms with Crippen LogP contribution in [-0.4, -0.2) is 37.9 Å². The van der Waals surface area contributed by atoms with Crippen LogP contribution in [0, 0.1) is 0 Å². The van der Waals surface area contributed by atoms with E-state index in [1.54, 1.807) is 13.8 Å². The van der Waals surface area contributed by atoms with Gasteiger partial charge in [0.25, 0.3) is 0 Å². The number of ketones is 1. The largest absolute Gasteiger partial charge is 0.377 e. The summed E-state index contributed by atoms with van der Waals surface area (Å²) < 4.78 is 28.6. The fourth-order valence-electron chi connectivity index (χ4n) is 1.62. The number of hydrogen-bond acceptors (Lipinski definition) is 4. The van der Waals surface area contributed by atoms with Gasteiger partial charge in [-0.25, -0.2) is 8.42 Å². The van der Waals surface area contributed by atoms with E-state index in [1.807, 2.05) is 0 Å². The van der Waals surface area contributed by atoms with Gasteiger partial charge in [-0.05, 0) is 13.3 Å². The quantitative estimate of drug-likeness (QED) is 0.694. The first-order chi connectivity index (χ1) is 6.47. The fraction of sp³-hybridized carbons (Fsp3) is 0.889. The maximum Gasteiger partial charge on any atom is 0.162 e. The molecule has 0 aromatic rings. The predicted octanol–water partition coefficient (Wildman–Crippen LogP) is 0.558. The third kappa shape index (κ3) is 2.54. The molecule has 0 saturated carbocycles. The van der Waals surface area contributed by atoms with Gasteiger partial charge in [-0.15, -0.1) is 0 Å². The van der Waals surface area contributed by atoms with Crippen LogP contribution in [0.15, 0.2) is 0 Å². The Hall–Kier alpha value is -0.420. The first kappa shape index (κ1) is 11.7. The molecule has 1 fully saturated rings. The lowest BCUT2D eigenvalue weighted by atomic mass is 10.3. The van der Waals surface area contributed by atoms with Crippen LogP contribution in [0.3, 0.4) is 0 Å². The topological polar surface area (TPSA) is 60.4 Å². The van der Waals surface area contributed by atoms with Crippen LogP contribution < -0.4 is 0 Å². The van der Waals surface area contributed by atoms with Crippen molar-refractivity contribution in [1.29, 1.82) is 0 Å². The molecule has 0 N–H and O–H groups in total. The van der Waals surface area contributed by atoms with E-state index in [0.717, 1.165) is 0 Å². The van der Waals surface area contributed by atoms with E-state index >= 15 is 0 Å². The average molecular weight is 220 g/mol. The number of sulfone groups is 1. The monoisotopic (exact) mass is 220 g/mol. The maximum absolute atomic E-state index is 11.7. The van der Waals surface area contributed by atoms with E-state index in [-0.39, 0.29) is 24.1 Å². The lowest BCUT2D eigenvalue weighted by Gasteiger charge is -2.13. The molecule has 1 aliphatic heterocycles. The highest BCUT2D eigenvalue weighted by atomic mass is 32.2. The van der Waals surface area contributed by atoms with E-state index < -0.39 is 15.1 Å². The molecule has 1 saturated heterocycles. The van der Waals surface area contributed by atoms with Crippen molar-refractivity contribution in [1.82, 2.24) is 0 Å². The summed E-state index contributed by atoms with van der Waals surface area (Å²) in [6, 6.07) is 0. The molecule has 0 aromatic heterocycles. The van der Waals surface area contributed by atoms with Gasteiger partial charge >= 0.3 is 0 Å². The van der Waals surface area contributed by atoms with Gasteiger partial charge in [0.1, 0.15) is 11.5 Å². The molecule has 14 heavy (non-hydrogen) atoms. The number of ether oxygens (including phenoxy) is 1. The second-order valence-electron chi connectivity index (χ2n) is 3.60. The Balaban J connectivity index is 2.70. The summed E-state index contributed by atoms with van der Waals surface area (Å²) in [5.41, 5.74) is 0. The number of carbonyl (C=O) groups excluding carboxylic acids is 1. The van der Waals surface area contributed by atoms with Crippen molar-refractivity contribution in [3.8, 4) is 0 Å². The number of rotatable bonds is 4. The van der Waals surface area contributed by atoms with Crippen molar-refractivity contribution < 1.29 is 17.9 Å². The zero-order valence-electron chi connectivity index (χ0n) is 8.52. The van der Waals surface area contributed by atoms with Crippen LogP contribution in [0.4, 0.5) is 0 Å². The van der Waals surface area contributed by atoms with Gasteiger partial charge < -0.3 is 4.74 Å². The van der Waals surface area contributed by atoms with Crippen LogP contribution in [-0.2, 0) is 19.4 Å². The minimum absolute atomic E-state index is 0.218. The van der Waals surface area contributed by atoms with Gasteiger partial charge in [0, 0.05) is 13.0 Å². The molecule has 5 heteroatoms. The van der Waals surface area contributed by atoms with Crippen LogP contribution in [0.2, 0.25) is 0 Å². The van der Waals surface area contributed by atoms with Crippen molar-refractivity contribution in [3.05, 3.63) is 0 Å². The number of carbonyl (C=O) groups is 1. The molecule has 0 bridgehead atoms. The standard InChI is InChI=1S/C9H16O4S/c1-3-8(10)6-14(11,12)9-4-5-13-7(9)2/h7,9H,3-6H2,1-2H3. The highest BCUT2D eigenvalue weighted by Crippen LogP contribution is 2.21. The molecule has 1 aliphatic rings. The van der Waals surface area contributed by atoms with Crippen LogP contribution >= 0.6 is 0 Å². The molecule has 1 heterocycles. The maximum atomic E-state index is 11.7. The Kier molecular flexibility index (Phi) is 3.66. The molecular weight excluding hydrogens is 204 g/mol. The van der Waals surface area contributed by atoms with Crippen LogP contribution in [0.5, 0.6) is 0 Å². The average Bonchev–Trinajstić information content (AvgIpc) is 2.51. The molecule has 2 atom stereocenters. The van der Waals surface area contributed by atoms with Gasteiger partial charge in [0.15, 0.2) is 9.84 Å². The summed E-state index contributed by atoms with van der Waals surface area (Å²) in [6.45, 7) is 3.89. The van der Waals surface area contributed by atoms with Crippen molar-refractivity contribution in [3.63, 3.8) is 0 Å². The Morgan fingerprint density at radius 2 is 2.14 bits per heavy atom. The summed E-state index contributed by atoms with van der Waals surface area (Å²) in [5, 5.41) is -0.488. The summed E-state index contributed by atoms with van der Waals surface area (Å²) in [6.07, 6.45) is 0.520. The summed E-state index contributed by atoms with van der Waals surface area (Å²) in [5.74, 6) is -0.550. The Labute approximate surface area is 84.6 Å². The van der Waals surface area contributed by atoms with E-state index in [1.165, 1.54) is 0 Å². The first-order valence-corrected chi connectivity index (χ1v) is 6.53. The van der Waals surface area contributed by atoms with Gasteiger partial charge in [-0.3, -0.25) is 4.79 Å². The SMILES string of the molecule is CCC(=O)CS(=O)(=O)C1CCOC1C. The molecule has 1 rings (SSSR count). The van der Waals surface area contributed by atoms with Crippen molar-refractivity contribution in [2.24, 2.45) is 0 Å². The van der Waals surface area contributed by atoms with Crippen molar-refractivity contribution in [2.75, 3.05) is 12.4 Å². The van der Waals surface area contributed by atoms with Gasteiger partial charge in [0.2, 0.25) is 0 Å². The predicted molar refractivity (Wildman–Crippen MR) is 52.9 cm³/mol. The highest BCUT2D eigenvalue weighted by molar-refractivity contribution is 7.92. The minimum atomic E-state index is -3.30. The van der Waals surface area contributed by atoms with E-state index in [2.05, 4.69) is 0 Å². The molecule has 2 unspecified atom stereocenters. The summed E-state index contributed by atoms with van der Waals surface area (Å²) >= 11 is 0. The molecule has 4 nitrogen and oxygen atoms in total. The number of hydrogen-bond donors (Lipinski definition) is 0. The Morgan fingerprint density at radius 1 is 1.50 bits per heavy atom. The van der Waals surface area contributed by atoms with E-state index in [0.29, 0.717) is 13.0 Å². The van der Waals surface area contributed by atoms with Crippen molar-refractivity contribution in [2.45, 2.75) is 38.0 Å². The zero-order chi connectivity index (χ0) is 10.8. The second-order valence-corrected chi connectivity index (χ2v) is 5.82. The van der Waals surface area contributed by atoms with E-state index in [9.17, 15) is 13.2 Å². The normalized spacial score (nSPS) is 27.9. The third-order valence-corrected chi connectivity index (χ3v) is 4.79. The van der Waals surface area contributed by atoms with E-state index in [4.69, 9.17) is 4.74 Å². The molecule has 82 valence electrons. The highest BCUT2D eigenvalue weighted by Gasteiger charge is 2.36. The molecule has 0 spiro atoms. The van der Waals surface area contributed by atoms with Crippen LogP contribution in [0.25, 0.3) is 0 Å². The molecule has 0 aromatic carbocycles. The Bertz CT molecular complexity index is 307. The third-order valence-electron chi connectivity index (χ3n) is 2.52. The molecule has 0 amide bonds. The minimum Gasteiger partial charge on any atom is -0.377 e. The Morgan fingerprint density at radius 3 is 2.57 bits per heavy atom. The van der Waals surface area contributed by atoms with Gasteiger partial charge in [-0.1, -0.05) is 6.92 Å². The lowest BCUT2D eigenvalue weighted by Crippen LogP contribution is -2.32. The fourth-order valence-corrected chi connectivity index (χ4v) is 3.60. The van der Waals surface area contributed by atoms with Crippen LogP contribution in [0.1, 0.15) is 26.7 Å². The zero-order valence-corrected chi connectivity index (χ0v) is 9.34. The first-order valence-electron chi connectivity index (χ1n) is 4.82. The second kappa shape index (κ2) is 4.40. The van der Waals surface area contributed by atoms with Gasteiger partial charge in [0.05, 0.1) is 11.4 Å². The molecule has 0 radical (unpaired) electrons. The summed E-state index contributed by atoms with van der Waals surface area (Å²) in [4.78, 5) is 11.1. The molecule has 0 aliphatic carbocycles. The molecular formula is C9H16O4S. The smallest absolute Gasteiger partial charge is 0.162 e. The summed E-state index contributed by atoms with van der Waals surface area (Å²) in [7, 11) is -3.30. The van der Waals surface area contributed by atoms with Crippen molar-refractivity contribution >= 4 is 15.6 Å². The lowest BCUT2D eigenvalue weighted by molar-refractivity contribution is -0.116. The number of Topliss-reactive ketones (excluding diaryl/α,β-unsaturated/α-hetero) is 1.